The molecule has 6 fully saturated rings. The van der Waals surface area contributed by atoms with Gasteiger partial charge in [0.05, 0.1) is 17.8 Å². The molecular formula is C27H45NO3. The summed E-state index contributed by atoms with van der Waals surface area (Å²) in [6, 6.07) is 0.355. The van der Waals surface area contributed by atoms with E-state index in [9.17, 15) is 15.3 Å². The molecule has 2 heterocycles. The van der Waals surface area contributed by atoms with Crippen LogP contribution in [0, 0.1) is 52.8 Å². The van der Waals surface area contributed by atoms with Gasteiger partial charge in [-0.15, -0.1) is 0 Å². The van der Waals surface area contributed by atoms with Gasteiger partial charge in [0.1, 0.15) is 0 Å². The van der Waals surface area contributed by atoms with Crippen molar-refractivity contribution in [3.63, 3.8) is 0 Å². The van der Waals surface area contributed by atoms with E-state index < -0.39 is 5.60 Å². The fourth-order valence-electron chi connectivity index (χ4n) is 10.6. The van der Waals surface area contributed by atoms with E-state index in [-0.39, 0.29) is 23.5 Å². The SMILES string of the molecule is C[C@H]1CC[C@H]2N(C1)C[C@H]1[C@@H]3C[C@H]4[C@@H](C[C@@H](O)[C@@H]5C[C@@H](O)CC[C@]45C)[C@@H]3CC[C@@H]1[C@]2(C)O. The smallest absolute Gasteiger partial charge is 0.0805 e. The van der Waals surface area contributed by atoms with Crippen molar-refractivity contribution < 1.29 is 15.3 Å². The topological polar surface area (TPSA) is 63.9 Å². The molecule has 0 radical (unpaired) electrons. The standard InChI is InChI=1S/C27H45NO3/c1-15-4-7-25-27(3,31)21-6-5-17-18(20(21)14-28(25)13-15)11-22-19(17)12-24(30)23-10-16(29)8-9-26(22,23)2/h15-25,29-31H,4-14H2,1-3H3/t15-,16-,17+,18+,19-,20-,21-,22-,23-,24+,25+,26+,27-/m0/s1. The highest BCUT2D eigenvalue weighted by molar-refractivity contribution is 5.14. The second-order valence-corrected chi connectivity index (χ2v) is 13.4. The van der Waals surface area contributed by atoms with Crippen LogP contribution in [0.15, 0.2) is 0 Å². The fraction of sp³-hybridized carbons (Fsp3) is 1.00. The highest BCUT2D eigenvalue weighted by Crippen LogP contribution is 2.67. The first-order valence-electron chi connectivity index (χ1n) is 13.5. The van der Waals surface area contributed by atoms with Gasteiger partial charge in [0, 0.05) is 19.1 Å². The Balaban J connectivity index is 1.30. The summed E-state index contributed by atoms with van der Waals surface area (Å²) in [4.78, 5) is 2.68. The van der Waals surface area contributed by atoms with Crippen molar-refractivity contribution in [3.8, 4) is 0 Å². The molecule has 4 heteroatoms. The van der Waals surface area contributed by atoms with Crippen LogP contribution >= 0.6 is 0 Å². The third-order valence-corrected chi connectivity index (χ3v) is 12.0. The van der Waals surface area contributed by atoms with Gasteiger partial charge in [0.2, 0.25) is 0 Å². The molecule has 0 aromatic rings. The molecule has 4 saturated carbocycles. The Morgan fingerprint density at radius 2 is 1.55 bits per heavy atom. The molecule has 2 aliphatic heterocycles. The Bertz CT molecular complexity index is 711. The summed E-state index contributed by atoms with van der Waals surface area (Å²) >= 11 is 0. The summed E-state index contributed by atoms with van der Waals surface area (Å²) in [5.41, 5.74) is -0.365. The number of fused-ring (bicyclic) bond motifs is 8. The molecule has 176 valence electrons. The Morgan fingerprint density at radius 3 is 2.35 bits per heavy atom. The highest BCUT2D eigenvalue weighted by atomic mass is 16.3. The number of aliphatic hydroxyl groups is 3. The molecule has 2 saturated heterocycles. The number of hydrogen-bond acceptors (Lipinski definition) is 4. The minimum absolute atomic E-state index is 0.188. The van der Waals surface area contributed by atoms with Gasteiger partial charge in [-0.05, 0) is 117 Å². The van der Waals surface area contributed by atoms with Gasteiger partial charge >= 0.3 is 0 Å². The predicted molar refractivity (Wildman–Crippen MR) is 121 cm³/mol. The van der Waals surface area contributed by atoms with E-state index in [0.717, 1.165) is 50.5 Å². The molecule has 3 N–H and O–H groups in total. The molecule has 6 rings (SSSR count). The zero-order chi connectivity index (χ0) is 21.7. The average molecular weight is 432 g/mol. The van der Waals surface area contributed by atoms with E-state index in [1.807, 2.05) is 0 Å². The van der Waals surface area contributed by atoms with Gasteiger partial charge in [-0.1, -0.05) is 13.8 Å². The molecule has 0 aromatic carbocycles. The Labute approximate surface area is 188 Å². The Kier molecular flexibility index (Phi) is 4.94. The van der Waals surface area contributed by atoms with Crippen LogP contribution in [0.5, 0.6) is 0 Å². The number of nitrogens with zero attached hydrogens (tertiary/aromatic N) is 1. The zero-order valence-corrected chi connectivity index (χ0v) is 19.9. The van der Waals surface area contributed by atoms with Gasteiger partial charge in [0.25, 0.3) is 0 Å². The maximum atomic E-state index is 11.8. The second kappa shape index (κ2) is 7.17. The lowest BCUT2D eigenvalue weighted by atomic mass is 9.51. The second-order valence-electron chi connectivity index (χ2n) is 13.4. The van der Waals surface area contributed by atoms with Crippen molar-refractivity contribution in [2.24, 2.45) is 52.8 Å². The highest BCUT2D eigenvalue weighted by Gasteiger charge is 2.64. The third kappa shape index (κ3) is 3.00. The summed E-state index contributed by atoms with van der Waals surface area (Å²) < 4.78 is 0. The van der Waals surface area contributed by atoms with Crippen LogP contribution in [-0.2, 0) is 0 Å². The van der Waals surface area contributed by atoms with Crippen molar-refractivity contribution in [1.29, 1.82) is 0 Å². The van der Waals surface area contributed by atoms with E-state index in [4.69, 9.17) is 0 Å². The molecule has 4 nitrogen and oxygen atoms in total. The molecule has 0 bridgehead atoms. The van der Waals surface area contributed by atoms with Crippen molar-refractivity contribution in [3.05, 3.63) is 0 Å². The van der Waals surface area contributed by atoms with Crippen molar-refractivity contribution in [1.82, 2.24) is 4.90 Å². The molecular weight excluding hydrogens is 386 g/mol. The Hall–Kier alpha value is -0.160. The van der Waals surface area contributed by atoms with Crippen molar-refractivity contribution in [2.75, 3.05) is 13.1 Å². The molecule has 0 spiro atoms. The zero-order valence-electron chi connectivity index (χ0n) is 19.9. The van der Waals surface area contributed by atoms with E-state index in [1.165, 1.54) is 32.2 Å². The lowest BCUT2D eigenvalue weighted by molar-refractivity contribution is -0.176. The molecule has 4 aliphatic carbocycles. The van der Waals surface area contributed by atoms with Gasteiger partial charge in [0.15, 0.2) is 0 Å². The van der Waals surface area contributed by atoms with Crippen LogP contribution in [0.2, 0.25) is 0 Å². The van der Waals surface area contributed by atoms with Crippen LogP contribution in [0.4, 0.5) is 0 Å². The first-order chi connectivity index (χ1) is 14.7. The minimum atomic E-state index is -0.553. The summed E-state index contributed by atoms with van der Waals surface area (Å²) in [7, 11) is 0. The summed E-state index contributed by atoms with van der Waals surface area (Å²) in [6.45, 7) is 9.36. The molecule has 31 heavy (non-hydrogen) atoms. The van der Waals surface area contributed by atoms with Gasteiger partial charge < -0.3 is 15.3 Å². The van der Waals surface area contributed by atoms with Crippen molar-refractivity contribution in [2.45, 2.75) is 102 Å². The van der Waals surface area contributed by atoms with E-state index in [0.29, 0.717) is 35.6 Å². The lowest BCUT2D eigenvalue weighted by Gasteiger charge is -2.60. The first kappa shape index (κ1) is 21.4. The maximum Gasteiger partial charge on any atom is 0.0805 e. The fourth-order valence-corrected chi connectivity index (χ4v) is 10.6. The number of aliphatic hydroxyl groups excluding tert-OH is 2. The maximum absolute atomic E-state index is 11.8. The largest absolute Gasteiger partial charge is 0.393 e. The lowest BCUT2D eigenvalue weighted by Crippen LogP contribution is -2.67. The van der Waals surface area contributed by atoms with Crippen LogP contribution in [0.25, 0.3) is 0 Å². The molecule has 0 aromatic heterocycles. The van der Waals surface area contributed by atoms with Gasteiger partial charge in [-0.3, -0.25) is 4.90 Å². The Morgan fingerprint density at radius 1 is 0.742 bits per heavy atom. The molecule has 0 unspecified atom stereocenters. The van der Waals surface area contributed by atoms with E-state index in [2.05, 4.69) is 25.7 Å². The van der Waals surface area contributed by atoms with Crippen LogP contribution in [0.1, 0.15) is 78.6 Å². The van der Waals surface area contributed by atoms with Crippen LogP contribution < -0.4 is 0 Å². The quantitative estimate of drug-likeness (QED) is 0.547. The summed E-state index contributed by atoms with van der Waals surface area (Å²) in [6.07, 6.45) is 9.43. The van der Waals surface area contributed by atoms with E-state index in [1.54, 1.807) is 0 Å². The number of piperidine rings is 2. The number of hydrogen-bond donors (Lipinski definition) is 3. The average Bonchev–Trinajstić information content (AvgIpc) is 3.09. The predicted octanol–water partition coefficient (Wildman–Crippen LogP) is 3.68. The molecule has 6 aliphatic rings. The summed E-state index contributed by atoms with van der Waals surface area (Å²) in [5.74, 6) is 4.89. The van der Waals surface area contributed by atoms with Crippen molar-refractivity contribution >= 4 is 0 Å². The van der Waals surface area contributed by atoms with E-state index >= 15 is 0 Å². The molecule has 0 amide bonds. The van der Waals surface area contributed by atoms with Gasteiger partial charge in [-0.25, -0.2) is 0 Å². The molecule has 13 atom stereocenters. The van der Waals surface area contributed by atoms with Crippen LogP contribution in [0.3, 0.4) is 0 Å². The minimum Gasteiger partial charge on any atom is -0.393 e. The van der Waals surface area contributed by atoms with Crippen LogP contribution in [-0.4, -0.2) is 57.2 Å². The normalized spacial score (nSPS) is 61.5. The summed E-state index contributed by atoms with van der Waals surface area (Å²) in [5, 5.41) is 33.3. The number of rotatable bonds is 0. The third-order valence-electron chi connectivity index (χ3n) is 12.0. The van der Waals surface area contributed by atoms with Gasteiger partial charge in [-0.2, -0.15) is 0 Å². The monoisotopic (exact) mass is 431 g/mol. The first-order valence-corrected chi connectivity index (χ1v) is 13.5.